The number of hydrogen-bond acceptors (Lipinski definition) is 1. The average molecular weight is 250 g/mol. The zero-order valence-corrected chi connectivity index (χ0v) is 11.6. The molecule has 3 heteroatoms. The third-order valence-corrected chi connectivity index (χ3v) is 5.17. The van der Waals surface area contributed by atoms with Crippen LogP contribution in [0.5, 0.6) is 0 Å². The van der Waals surface area contributed by atoms with Crippen LogP contribution in [0.3, 0.4) is 0 Å². The lowest BCUT2D eigenvalue weighted by Crippen LogP contribution is -2.53. The number of urea groups is 1. The molecule has 0 aromatic heterocycles. The van der Waals surface area contributed by atoms with Gasteiger partial charge in [0, 0.05) is 25.7 Å². The van der Waals surface area contributed by atoms with E-state index in [9.17, 15) is 4.79 Å². The fourth-order valence-corrected chi connectivity index (χ4v) is 4.24. The van der Waals surface area contributed by atoms with E-state index >= 15 is 0 Å². The smallest absolute Gasteiger partial charge is 0.320 e. The van der Waals surface area contributed by atoms with Crippen molar-refractivity contribution in [2.45, 2.75) is 57.9 Å². The van der Waals surface area contributed by atoms with Crippen LogP contribution in [0.1, 0.15) is 51.9 Å². The van der Waals surface area contributed by atoms with E-state index in [1.165, 1.54) is 44.9 Å². The first-order chi connectivity index (χ1) is 8.75. The summed E-state index contributed by atoms with van der Waals surface area (Å²) in [5.74, 6) is 1.50. The van der Waals surface area contributed by atoms with Gasteiger partial charge in [-0.3, -0.25) is 0 Å². The molecule has 1 aliphatic carbocycles. The van der Waals surface area contributed by atoms with Crippen LogP contribution in [-0.4, -0.2) is 41.5 Å². The molecule has 0 radical (unpaired) electrons. The molecule has 2 aliphatic heterocycles. The molecule has 2 amide bonds. The summed E-state index contributed by atoms with van der Waals surface area (Å²) in [6.07, 6.45) is 8.98. The highest BCUT2D eigenvalue weighted by molar-refractivity contribution is 5.75. The Morgan fingerprint density at radius 3 is 2.61 bits per heavy atom. The molecule has 0 spiro atoms. The van der Waals surface area contributed by atoms with E-state index in [4.69, 9.17) is 0 Å². The SMILES string of the molecule is CC1CCCN(C(=O)N2CCCC3CCCC32)C1. The Morgan fingerprint density at radius 1 is 1.00 bits per heavy atom. The van der Waals surface area contributed by atoms with Crippen molar-refractivity contribution in [2.24, 2.45) is 11.8 Å². The molecular weight excluding hydrogens is 224 g/mol. The number of carbonyl (C=O) groups is 1. The molecule has 3 aliphatic rings. The highest BCUT2D eigenvalue weighted by Gasteiger charge is 2.39. The van der Waals surface area contributed by atoms with E-state index in [-0.39, 0.29) is 0 Å². The third-order valence-electron chi connectivity index (χ3n) is 5.17. The maximum atomic E-state index is 12.7. The lowest BCUT2D eigenvalue weighted by Gasteiger charge is -2.42. The first-order valence-corrected chi connectivity index (χ1v) is 7.81. The largest absolute Gasteiger partial charge is 0.324 e. The van der Waals surface area contributed by atoms with Gasteiger partial charge in [0.1, 0.15) is 0 Å². The van der Waals surface area contributed by atoms with Crippen molar-refractivity contribution in [3.8, 4) is 0 Å². The van der Waals surface area contributed by atoms with Crippen molar-refractivity contribution < 1.29 is 4.79 Å². The second-order valence-corrected chi connectivity index (χ2v) is 6.57. The van der Waals surface area contributed by atoms with Gasteiger partial charge in [0.2, 0.25) is 0 Å². The quantitative estimate of drug-likeness (QED) is 0.648. The second kappa shape index (κ2) is 5.10. The molecule has 3 nitrogen and oxygen atoms in total. The van der Waals surface area contributed by atoms with Crippen LogP contribution in [0, 0.1) is 11.8 Å². The molecule has 3 rings (SSSR count). The van der Waals surface area contributed by atoms with Crippen molar-refractivity contribution in [1.29, 1.82) is 0 Å². The summed E-state index contributed by atoms with van der Waals surface area (Å²) in [4.78, 5) is 17.0. The summed E-state index contributed by atoms with van der Waals surface area (Å²) in [7, 11) is 0. The number of hydrogen-bond donors (Lipinski definition) is 0. The minimum absolute atomic E-state index is 0.346. The van der Waals surface area contributed by atoms with Crippen LogP contribution in [0.2, 0.25) is 0 Å². The van der Waals surface area contributed by atoms with Crippen molar-refractivity contribution in [3.63, 3.8) is 0 Å². The Hall–Kier alpha value is -0.730. The summed E-state index contributed by atoms with van der Waals surface area (Å²) in [6, 6.07) is 0.918. The number of piperidine rings is 2. The summed E-state index contributed by atoms with van der Waals surface area (Å²) >= 11 is 0. The standard InChI is InChI=1S/C15H26N2O/c1-12-5-3-9-16(11-12)15(18)17-10-4-7-13-6-2-8-14(13)17/h12-14H,2-11H2,1H3. The summed E-state index contributed by atoms with van der Waals surface area (Å²) in [5.41, 5.74) is 0. The van der Waals surface area contributed by atoms with Crippen molar-refractivity contribution in [2.75, 3.05) is 19.6 Å². The number of carbonyl (C=O) groups excluding carboxylic acids is 1. The van der Waals surface area contributed by atoms with E-state index in [1.807, 2.05) is 0 Å². The number of likely N-dealkylation sites (tertiary alicyclic amines) is 2. The van der Waals surface area contributed by atoms with E-state index in [0.29, 0.717) is 18.0 Å². The minimum atomic E-state index is 0.346. The first kappa shape index (κ1) is 12.3. The summed E-state index contributed by atoms with van der Waals surface area (Å²) < 4.78 is 0. The van der Waals surface area contributed by atoms with Crippen LogP contribution >= 0.6 is 0 Å². The lowest BCUT2D eigenvalue weighted by molar-refractivity contribution is 0.0863. The van der Waals surface area contributed by atoms with Crippen LogP contribution in [-0.2, 0) is 0 Å². The predicted octanol–water partition coefficient (Wildman–Crippen LogP) is 3.10. The number of fused-ring (bicyclic) bond motifs is 1. The van der Waals surface area contributed by atoms with Gasteiger partial charge in [-0.15, -0.1) is 0 Å². The highest BCUT2D eigenvalue weighted by Crippen LogP contribution is 2.37. The van der Waals surface area contributed by atoms with Crippen LogP contribution in [0.25, 0.3) is 0 Å². The number of amides is 2. The van der Waals surface area contributed by atoms with Gasteiger partial charge in [-0.1, -0.05) is 13.3 Å². The molecule has 2 saturated heterocycles. The zero-order chi connectivity index (χ0) is 12.5. The highest BCUT2D eigenvalue weighted by atomic mass is 16.2. The van der Waals surface area contributed by atoms with Gasteiger partial charge in [0.05, 0.1) is 0 Å². The molecule has 1 saturated carbocycles. The number of nitrogens with zero attached hydrogens (tertiary/aromatic N) is 2. The van der Waals surface area contributed by atoms with Crippen LogP contribution < -0.4 is 0 Å². The Kier molecular flexibility index (Phi) is 3.49. The van der Waals surface area contributed by atoms with E-state index < -0.39 is 0 Å². The zero-order valence-electron chi connectivity index (χ0n) is 11.6. The van der Waals surface area contributed by atoms with Gasteiger partial charge < -0.3 is 9.80 Å². The first-order valence-electron chi connectivity index (χ1n) is 7.81. The maximum Gasteiger partial charge on any atom is 0.320 e. The van der Waals surface area contributed by atoms with Gasteiger partial charge in [-0.05, 0) is 50.4 Å². The van der Waals surface area contributed by atoms with E-state index in [1.54, 1.807) is 0 Å². The molecule has 0 bridgehead atoms. The fraction of sp³-hybridized carbons (Fsp3) is 0.933. The Balaban J connectivity index is 1.67. The maximum absolute atomic E-state index is 12.7. The summed E-state index contributed by atoms with van der Waals surface area (Å²) in [6.45, 7) is 5.24. The van der Waals surface area contributed by atoms with Gasteiger partial charge in [0.15, 0.2) is 0 Å². The van der Waals surface area contributed by atoms with E-state index in [2.05, 4.69) is 16.7 Å². The lowest BCUT2D eigenvalue weighted by atomic mass is 9.92. The summed E-state index contributed by atoms with van der Waals surface area (Å²) in [5, 5.41) is 0. The fourth-order valence-electron chi connectivity index (χ4n) is 4.24. The average Bonchev–Trinajstić information content (AvgIpc) is 2.86. The second-order valence-electron chi connectivity index (χ2n) is 6.57. The normalized spacial score (nSPS) is 36.6. The van der Waals surface area contributed by atoms with Crippen molar-refractivity contribution in [1.82, 2.24) is 9.80 Å². The van der Waals surface area contributed by atoms with Gasteiger partial charge in [-0.25, -0.2) is 4.79 Å². The Morgan fingerprint density at radius 2 is 1.78 bits per heavy atom. The van der Waals surface area contributed by atoms with Gasteiger partial charge in [-0.2, -0.15) is 0 Å². The molecule has 18 heavy (non-hydrogen) atoms. The van der Waals surface area contributed by atoms with Gasteiger partial charge in [0.25, 0.3) is 0 Å². The molecule has 3 atom stereocenters. The topological polar surface area (TPSA) is 23.6 Å². The Labute approximate surface area is 111 Å². The van der Waals surface area contributed by atoms with Crippen LogP contribution in [0.4, 0.5) is 4.79 Å². The minimum Gasteiger partial charge on any atom is -0.324 e. The predicted molar refractivity (Wildman–Crippen MR) is 72.4 cm³/mol. The molecule has 3 fully saturated rings. The van der Waals surface area contributed by atoms with Gasteiger partial charge >= 0.3 is 6.03 Å². The van der Waals surface area contributed by atoms with Crippen molar-refractivity contribution >= 4 is 6.03 Å². The van der Waals surface area contributed by atoms with Crippen LogP contribution in [0.15, 0.2) is 0 Å². The third kappa shape index (κ3) is 2.24. The molecule has 3 unspecified atom stereocenters. The molecule has 2 heterocycles. The molecule has 0 N–H and O–H groups in total. The molecule has 0 aromatic carbocycles. The molecule has 102 valence electrons. The Bertz CT molecular complexity index is 318. The molecular formula is C15H26N2O. The molecule has 0 aromatic rings. The monoisotopic (exact) mass is 250 g/mol. The van der Waals surface area contributed by atoms with Crippen molar-refractivity contribution in [3.05, 3.63) is 0 Å². The number of rotatable bonds is 0. The van der Waals surface area contributed by atoms with E-state index in [0.717, 1.165) is 25.6 Å².